The summed E-state index contributed by atoms with van der Waals surface area (Å²) in [6, 6.07) is 6.55. The number of aromatic nitrogens is 3. The molecule has 1 N–H and O–H groups in total. The van der Waals surface area contributed by atoms with Gasteiger partial charge in [0.05, 0.1) is 12.2 Å². The van der Waals surface area contributed by atoms with Crippen molar-refractivity contribution in [1.29, 1.82) is 0 Å². The number of nitrogens with zero attached hydrogens (tertiary/aromatic N) is 3. The van der Waals surface area contributed by atoms with Crippen LogP contribution in [0.2, 0.25) is 0 Å². The van der Waals surface area contributed by atoms with Crippen molar-refractivity contribution in [3.63, 3.8) is 0 Å². The van der Waals surface area contributed by atoms with Gasteiger partial charge in [-0.05, 0) is 86.0 Å². The van der Waals surface area contributed by atoms with E-state index in [0.717, 1.165) is 66.6 Å². The third kappa shape index (κ3) is 3.78. The van der Waals surface area contributed by atoms with Crippen LogP contribution in [0.1, 0.15) is 76.2 Å². The number of hydrogen-bond donors (Lipinski definition) is 1. The molecule has 0 spiro atoms. The predicted octanol–water partition coefficient (Wildman–Crippen LogP) is 5.34. The van der Waals surface area contributed by atoms with Gasteiger partial charge in [-0.3, -0.25) is 9.36 Å². The average molecular weight is 453 g/mol. The predicted molar refractivity (Wildman–Crippen MR) is 129 cm³/mol. The number of carbonyl (C=O) groups excluding carboxylic acids is 1. The molecular weight excluding hydrogens is 416 g/mol. The molecule has 0 saturated heterocycles. The molecule has 32 heavy (non-hydrogen) atoms. The Morgan fingerprint density at radius 1 is 1.03 bits per heavy atom. The van der Waals surface area contributed by atoms with Gasteiger partial charge in [-0.2, -0.15) is 0 Å². The number of thioether (sulfide) groups is 1. The number of benzene rings is 1. The van der Waals surface area contributed by atoms with E-state index in [1.54, 1.807) is 11.8 Å². The van der Waals surface area contributed by atoms with Crippen LogP contribution in [-0.2, 0) is 24.2 Å². The van der Waals surface area contributed by atoms with E-state index < -0.39 is 0 Å². The summed E-state index contributed by atoms with van der Waals surface area (Å²) < 4.78 is 2.21. The highest BCUT2D eigenvalue weighted by molar-refractivity contribution is 7.99. The minimum atomic E-state index is -0.128. The maximum absolute atomic E-state index is 13.5. The topological polar surface area (TPSA) is 59.8 Å². The van der Waals surface area contributed by atoms with E-state index in [1.807, 2.05) is 0 Å². The van der Waals surface area contributed by atoms with Crippen LogP contribution in [0, 0.1) is 23.2 Å². The first-order valence-corrected chi connectivity index (χ1v) is 13.5. The Bertz CT molecular complexity index is 940. The fourth-order valence-corrected chi connectivity index (χ4v) is 7.78. The van der Waals surface area contributed by atoms with Crippen LogP contribution in [-0.4, -0.2) is 26.4 Å². The molecule has 0 aliphatic heterocycles. The van der Waals surface area contributed by atoms with Gasteiger partial charge in [0.1, 0.15) is 0 Å². The minimum Gasteiger partial charge on any atom is -0.348 e. The van der Waals surface area contributed by atoms with Crippen molar-refractivity contribution < 1.29 is 4.79 Å². The van der Waals surface area contributed by atoms with E-state index in [9.17, 15) is 4.79 Å². The standard InChI is InChI=1S/C26H36N4OS/c1-4-20-8-7-9-21(5-2)23(20)30-22(28-29-25(30)32-6-3)16-27-24(31)26-13-17-10-18(14-26)12-19(11-17)15-26/h7-9,17-19H,4-6,10-16H2,1-3H3,(H,27,31). The fourth-order valence-electron chi connectivity index (χ4n) is 7.10. The SMILES string of the molecule is CCSc1nnc(CNC(=O)C23CC4CC(CC(C4)C2)C3)n1-c1c(CC)cccc1CC. The van der Waals surface area contributed by atoms with Gasteiger partial charge in [0, 0.05) is 5.41 Å². The van der Waals surface area contributed by atoms with E-state index >= 15 is 0 Å². The highest BCUT2D eigenvalue weighted by atomic mass is 32.2. The van der Waals surface area contributed by atoms with Gasteiger partial charge in [-0.25, -0.2) is 0 Å². The molecule has 6 heteroatoms. The highest BCUT2D eigenvalue weighted by Crippen LogP contribution is 2.60. The number of rotatable bonds is 8. The molecule has 0 radical (unpaired) electrons. The second kappa shape index (κ2) is 8.85. The van der Waals surface area contributed by atoms with Crippen molar-refractivity contribution in [2.75, 3.05) is 5.75 Å². The normalized spacial score (nSPS) is 28.3. The minimum absolute atomic E-state index is 0.128. The van der Waals surface area contributed by atoms with Crippen LogP contribution in [0.15, 0.2) is 23.4 Å². The first kappa shape index (κ1) is 22.0. The zero-order valence-electron chi connectivity index (χ0n) is 19.7. The maximum atomic E-state index is 13.5. The molecule has 5 nitrogen and oxygen atoms in total. The number of carbonyl (C=O) groups is 1. The number of hydrogen-bond acceptors (Lipinski definition) is 4. The van der Waals surface area contributed by atoms with E-state index in [1.165, 1.54) is 36.1 Å². The zero-order valence-corrected chi connectivity index (χ0v) is 20.5. The second-order valence-corrected chi connectivity index (χ2v) is 11.4. The lowest BCUT2D eigenvalue weighted by Crippen LogP contribution is -2.53. The number of amides is 1. The first-order chi connectivity index (χ1) is 15.6. The van der Waals surface area contributed by atoms with Gasteiger partial charge in [0.15, 0.2) is 11.0 Å². The Kier molecular flexibility index (Phi) is 6.08. The zero-order chi connectivity index (χ0) is 22.3. The third-order valence-electron chi connectivity index (χ3n) is 8.09. The molecule has 4 bridgehead atoms. The summed E-state index contributed by atoms with van der Waals surface area (Å²) in [5.74, 6) is 4.35. The second-order valence-electron chi connectivity index (χ2n) is 10.2. The number of para-hydroxylation sites is 1. The molecule has 1 aromatic heterocycles. The van der Waals surface area contributed by atoms with Crippen LogP contribution in [0.4, 0.5) is 0 Å². The van der Waals surface area contributed by atoms with Crippen LogP contribution in [0.3, 0.4) is 0 Å². The lowest BCUT2D eigenvalue weighted by Gasteiger charge is -2.55. The molecule has 0 atom stereocenters. The van der Waals surface area contributed by atoms with Crippen molar-refractivity contribution in [3.8, 4) is 5.69 Å². The van der Waals surface area contributed by atoms with Crippen LogP contribution >= 0.6 is 11.8 Å². The first-order valence-electron chi connectivity index (χ1n) is 12.5. The van der Waals surface area contributed by atoms with E-state index in [4.69, 9.17) is 0 Å². The Labute approximate surface area is 196 Å². The quantitative estimate of drug-likeness (QED) is 0.550. The van der Waals surface area contributed by atoms with Crippen molar-refractivity contribution in [1.82, 2.24) is 20.1 Å². The summed E-state index contributed by atoms with van der Waals surface area (Å²) in [5.41, 5.74) is 3.68. The molecule has 2 aromatic rings. The highest BCUT2D eigenvalue weighted by Gasteiger charge is 2.54. The number of nitrogens with one attached hydrogen (secondary N) is 1. The molecule has 1 amide bonds. The molecule has 4 aliphatic carbocycles. The summed E-state index contributed by atoms with van der Waals surface area (Å²) >= 11 is 1.71. The monoisotopic (exact) mass is 452 g/mol. The average Bonchev–Trinajstić information content (AvgIpc) is 3.18. The molecule has 6 rings (SSSR count). The Balaban J connectivity index is 1.43. The summed E-state index contributed by atoms with van der Waals surface area (Å²) in [7, 11) is 0. The maximum Gasteiger partial charge on any atom is 0.226 e. The molecule has 0 unspecified atom stereocenters. The Morgan fingerprint density at radius 2 is 1.62 bits per heavy atom. The smallest absolute Gasteiger partial charge is 0.226 e. The third-order valence-corrected chi connectivity index (χ3v) is 8.90. The van der Waals surface area contributed by atoms with Crippen LogP contribution in [0.5, 0.6) is 0 Å². The van der Waals surface area contributed by atoms with Crippen molar-refractivity contribution in [2.45, 2.75) is 83.8 Å². The Morgan fingerprint density at radius 3 is 2.16 bits per heavy atom. The lowest BCUT2D eigenvalue weighted by atomic mass is 9.49. The molecular formula is C26H36N4OS. The van der Waals surface area contributed by atoms with Gasteiger partial charge in [-0.1, -0.05) is 50.7 Å². The van der Waals surface area contributed by atoms with Gasteiger partial charge >= 0.3 is 0 Å². The van der Waals surface area contributed by atoms with E-state index in [-0.39, 0.29) is 11.3 Å². The Hall–Kier alpha value is -1.82. The van der Waals surface area contributed by atoms with Crippen LogP contribution in [0.25, 0.3) is 5.69 Å². The van der Waals surface area contributed by atoms with E-state index in [0.29, 0.717) is 6.54 Å². The molecule has 1 aromatic carbocycles. The number of aryl methyl sites for hydroxylation is 2. The van der Waals surface area contributed by atoms with Gasteiger partial charge < -0.3 is 5.32 Å². The summed E-state index contributed by atoms with van der Waals surface area (Å²) in [6.07, 6.45) is 9.24. The fraction of sp³-hybridized carbons (Fsp3) is 0.654. The van der Waals surface area contributed by atoms with Crippen molar-refractivity contribution in [2.24, 2.45) is 23.2 Å². The molecule has 4 aliphatic rings. The summed E-state index contributed by atoms with van der Waals surface area (Å²) in [4.78, 5) is 13.5. The largest absolute Gasteiger partial charge is 0.348 e. The molecule has 4 fully saturated rings. The van der Waals surface area contributed by atoms with E-state index in [2.05, 4.69) is 59.1 Å². The van der Waals surface area contributed by atoms with Gasteiger partial charge in [0.25, 0.3) is 0 Å². The van der Waals surface area contributed by atoms with Crippen molar-refractivity contribution >= 4 is 17.7 Å². The summed E-state index contributed by atoms with van der Waals surface area (Å²) in [5, 5.41) is 13.3. The lowest BCUT2D eigenvalue weighted by molar-refractivity contribution is -0.146. The summed E-state index contributed by atoms with van der Waals surface area (Å²) in [6.45, 7) is 6.98. The molecule has 1 heterocycles. The molecule has 4 saturated carbocycles. The molecule has 172 valence electrons. The van der Waals surface area contributed by atoms with Crippen LogP contribution < -0.4 is 5.32 Å². The van der Waals surface area contributed by atoms with Crippen molar-refractivity contribution in [3.05, 3.63) is 35.2 Å². The van der Waals surface area contributed by atoms with Gasteiger partial charge in [0.2, 0.25) is 5.91 Å². The van der Waals surface area contributed by atoms with Gasteiger partial charge in [-0.15, -0.1) is 10.2 Å².